The number of carboxylic acid groups (broad SMARTS) is 1. The second-order valence-corrected chi connectivity index (χ2v) is 8.89. The molecule has 25 heavy (non-hydrogen) atoms. The Balaban J connectivity index is 1.57. The zero-order valence-electron chi connectivity index (χ0n) is 15.3. The van der Waals surface area contributed by atoms with Gasteiger partial charge in [0.15, 0.2) is 0 Å². The molecule has 1 N–H and O–H groups in total. The van der Waals surface area contributed by atoms with Crippen LogP contribution in [0.4, 0.5) is 0 Å². The standard InChI is InChI=1S/C20H29N3O2/c1-11(2)6-13-9-14(10-13)18-21-22-19(23(18)15-4-5-15)16-7-12(3)8-17(16)20(24)25/h11,13-17H,3-10H2,1-2H3,(H,24,25)/t13-,14+,16-,17-/m0/s1. The Morgan fingerprint density at radius 2 is 1.92 bits per heavy atom. The Morgan fingerprint density at radius 3 is 2.52 bits per heavy atom. The molecule has 4 rings (SSSR count). The maximum Gasteiger partial charge on any atom is 0.307 e. The van der Waals surface area contributed by atoms with E-state index in [1.807, 2.05) is 0 Å². The van der Waals surface area contributed by atoms with Crippen molar-refractivity contribution in [3.05, 3.63) is 23.8 Å². The molecule has 3 saturated carbocycles. The minimum absolute atomic E-state index is 0.0570. The Bertz CT molecular complexity index is 683. The monoisotopic (exact) mass is 343 g/mol. The van der Waals surface area contributed by atoms with Crippen LogP contribution >= 0.6 is 0 Å². The predicted octanol–water partition coefficient (Wildman–Crippen LogP) is 4.29. The predicted molar refractivity (Wildman–Crippen MR) is 95.5 cm³/mol. The fourth-order valence-corrected chi connectivity index (χ4v) is 4.88. The number of allylic oxidation sites excluding steroid dienone is 1. The Hall–Kier alpha value is -1.65. The number of aliphatic carboxylic acids is 1. The van der Waals surface area contributed by atoms with E-state index in [-0.39, 0.29) is 5.92 Å². The van der Waals surface area contributed by atoms with E-state index in [0.717, 1.165) is 35.5 Å². The van der Waals surface area contributed by atoms with Crippen LogP contribution in [-0.2, 0) is 4.79 Å². The molecule has 0 saturated heterocycles. The molecular formula is C20H29N3O2. The van der Waals surface area contributed by atoms with Crippen LogP contribution in [-0.4, -0.2) is 25.8 Å². The Labute approximate surface area is 149 Å². The third-order valence-corrected chi connectivity index (χ3v) is 6.22. The second-order valence-electron chi connectivity index (χ2n) is 8.89. The summed E-state index contributed by atoms with van der Waals surface area (Å²) in [6.45, 7) is 8.62. The average molecular weight is 343 g/mol. The number of hydrogen-bond donors (Lipinski definition) is 1. The molecule has 0 aliphatic heterocycles. The van der Waals surface area contributed by atoms with Crippen molar-refractivity contribution < 1.29 is 9.90 Å². The first-order valence-corrected chi connectivity index (χ1v) is 9.78. The van der Waals surface area contributed by atoms with Gasteiger partial charge in [0.1, 0.15) is 11.6 Å². The summed E-state index contributed by atoms with van der Waals surface area (Å²) in [5.41, 5.74) is 1.03. The van der Waals surface area contributed by atoms with E-state index < -0.39 is 11.9 Å². The Kier molecular flexibility index (Phi) is 4.20. The highest BCUT2D eigenvalue weighted by atomic mass is 16.4. The van der Waals surface area contributed by atoms with Gasteiger partial charge in [0.25, 0.3) is 0 Å². The molecule has 0 aromatic carbocycles. The lowest BCUT2D eigenvalue weighted by Crippen LogP contribution is -2.27. The van der Waals surface area contributed by atoms with Gasteiger partial charge >= 0.3 is 5.97 Å². The van der Waals surface area contributed by atoms with Crippen LogP contribution in [0.1, 0.15) is 88.3 Å². The first-order valence-electron chi connectivity index (χ1n) is 9.78. The third-order valence-electron chi connectivity index (χ3n) is 6.22. The summed E-state index contributed by atoms with van der Waals surface area (Å²) in [5, 5.41) is 18.7. The molecule has 0 unspecified atom stereocenters. The van der Waals surface area contributed by atoms with Gasteiger partial charge in [-0.15, -0.1) is 10.2 Å². The quantitative estimate of drug-likeness (QED) is 0.783. The van der Waals surface area contributed by atoms with E-state index in [9.17, 15) is 9.90 Å². The first-order chi connectivity index (χ1) is 11.9. The number of nitrogens with zero attached hydrogens (tertiary/aromatic N) is 3. The molecular weight excluding hydrogens is 314 g/mol. The van der Waals surface area contributed by atoms with E-state index in [1.54, 1.807) is 0 Å². The van der Waals surface area contributed by atoms with Crippen molar-refractivity contribution in [2.45, 2.75) is 76.7 Å². The molecule has 1 aromatic heterocycles. The maximum absolute atomic E-state index is 11.7. The number of rotatable bonds is 6. The van der Waals surface area contributed by atoms with Gasteiger partial charge in [-0.25, -0.2) is 0 Å². The largest absolute Gasteiger partial charge is 0.481 e. The molecule has 3 aliphatic rings. The van der Waals surface area contributed by atoms with Crippen molar-refractivity contribution in [3.63, 3.8) is 0 Å². The number of hydrogen-bond acceptors (Lipinski definition) is 3. The Morgan fingerprint density at radius 1 is 1.24 bits per heavy atom. The fraction of sp³-hybridized carbons (Fsp3) is 0.750. The minimum atomic E-state index is -0.726. The van der Waals surface area contributed by atoms with E-state index in [0.29, 0.717) is 18.4 Å². The summed E-state index contributed by atoms with van der Waals surface area (Å²) in [7, 11) is 0. The summed E-state index contributed by atoms with van der Waals surface area (Å²) in [4.78, 5) is 11.7. The molecule has 2 atom stereocenters. The van der Waals surface area contributed by atoms with E-state index in [4.69, 9.17) is 0 Å². The van der Waals surface area contributed by atoms with Gasteiger partial charge in [-0.05, 0) is 56.8 Å². The van der Waals surface area contributed by atoms with Gasteiger partial charge in [0, 0.05) is 17.9 Å². The van der Waals surface area contributed by atoms with Gasteiger partial charge in [-0.3, -0.25) is 4.79 Å². The van der Waals surface area contributed by atoms with Crippen LogP contribution in [0, 0.1) is 17.8 Å². The first kappa shape index (κ1) is 16.8. The normalized spacial score (nSPS) is 32.2. The fourth-order valence-electron chi connectivity index (χ4n) is 4.88. The van der Waals surface area contributed by atoms with Crippen molar-refractivity contribution in [3.8, 4) is 0 Å². The second kappa shape index (κ2) is 6.26. The van der Waals surface area contributed by atoms with Crippen LogP contribution in [0.3, 0.4) is 0 Å². The molecule has 1 aromatic rings. The highest BCUT2D eigenvalue weighted by molar-refractivity contribution is 5.72. The summed E-state index contributed by atoms with van der Waals surface area (Å²) >= 11 is 0. The lowest BCUT2D eigenvalue weighted by Gasteiger charge is -2.36. The molecule has 3 aliphatic carbocycles. The molecule has 3 fully saturated rings. The molecule has 0 spiro atoms. The molecule has 0 radical (unpaired) electrons. The zero-order chi connectivity index (χ0) is 17.7. The van der Waals surface area contributed by atoms with Gasteiger partial charge in [0.05, 0.1) is 5.92 Å². The van der Waals surface area contributed by atoms with E-state index >= 15 is 0 Å². The number of aromatic nitrogens is 3. The van der Waals surface area contributed by atoms with E-state index in [1.165, 1.54) is 32.1 Å². The topological polar surface area (TPSA) is 68.0 Å². The molecule has 5 nitrogen and oxygen atoms in total. The van der Waals surface area contributed by atoms with Crippen LogP contribution < -0.4 is 0 Å². The van der Waals surface area contributed by atoms with Crippen molar-refractivity contribution in [2.24, 2.45) is 17.8 Å². The van der Waals surface area contributed by atoms with Gasteiger partial charge in [-0.1, -0.05) is 26.0 Å². The van der Waals surface area contributed by atoms with Crippen LogP contribution in [0.2, 0.25) is 0 Å². The summed E-state index contributed by atoms with van der Waals surface area (Å²) < 4.78 is 2.33. The van der Waals surface area contributed by atoms with Crippen LogP contribution in [0.5, 0.6) is 0 Å². The zero-order valence-corrected chi connectivity index (χ0v) is 15.3. The SMILES string of the molecule is C=C1C[C@H](C(=O)O)[C@@H](c2nnc([C@H]3C[C@@H](CC(C)C)C3)n2C2CC2)C1. The number of carbonyl (C=O) groups is 1. The summed E-state index contributed by atoms with van der Waals surface area (Å²) in [5.74, 6) is 2.94. The summed E-state index contributed by atoms with van der Waals surface area (Å²) in [6, 6.07) is 0.493. The highest BCUT2D eigenvalue weighted by Gasteiger charge is 2.44. The molecule has 1 heterocycles. The van der Waals surface area contributed by atoms with Gasteiger partial charge < -0.3 is 9.67 Å². The van der Waals surface area contributed by atoms with Gasteiger partial charge in [0.2, 0.25) is 0 Å². The smallest absolute Gasteiger partial charge is 0.307 e. The molecule has 0 amide bonds. The molecule has 0 bridgehead atoms. The molecule has 5 heteroatoms. The number of carboxylic acids is 1. The van der Waals surface area contributed by atoms with Gasteiger partial charge in [-0.2, -0.15) is 0 Å². The minimum Gasteiger partial charge on any atom is -0.481 e. The highest BCUT2D eigenvalue weighted by Crippen LogP contribution is 2.50. The van der Waals surface area contributed by atoms with Crippen molar-refractivity contribution in [1.82, 2.24) is 14.8 Å². The van der Waals surface area contributed by atoms with E-state index in [2.05, 4.69) is 35.2 Å². The van der Waals surface area contributed by atoms with Crippen LogP contribution in [0.15, 0.2) is 12.2 Å². The van der Waals surface area contributed by atoms with Crippen molar-refractivity contribution >= 4 is 5.97 Å². The van der Waals surface area contributed by atoms with Crippen molar-refractivity contribution in [1.29, 1.82) is 0 Å². The third kappa shape index (κ3) is 3.13. The lowest BCUT2D eigenvalue weighted by atomic mass is 9.71. The summed E-state index contributed by atoms with van der Waals surface area (Å²) in [6.07, 6.45) is 7.38. The van der Waals surface area contributed by atoms with Crippen molar-refractivity contribution in [2.75, 3.05) is 0 Å². The lowest BCUT2D eigenvalue weighted by molar-refractivity contribution is -0.142. The maximum atomic E-state index is 11.7. The van der Waals surface area contributed by atoms with Crippen LogP contribution in [0.25, 0.3) is 0 Å². The molecule has 136 valence electrons. The average Bonchev–Trinajstić information content (AvgIpc) is 3.12.